The molecule has 0 amide bonds. The number of nitrogens with two attached hydrogens (primary N) is 1. The Labute approximate surface area is 140 Å². The fourth-order valence-electron chi connectivity index (χ4n) is 2.90. The monoisotopic (exact) mass is 329 g/mol. The number of aryl methyl sites for hydroxylation is 1. The molecule has 0 bridgehead atoms. The maximum absolute atomic E-state index is 4.61. The van der Waals surface area contributed by atoms with E-state index >= 15 is 0 Å². The molecule has 2 nitrogen and oxygen atoms in total. The topological polar surface area (TPSA) is 47.6 Å². The zero-order valence-corrected chi connectivity index (χ0v) is 14.5. The molecular weight excluding hydrogens is 309 g/mol. The summed E-state index contributed by atoms with van der Waals surface area (Å²) in [6, 6.07) is 11.2. The Morgan fingerprint density at radius 1 is 1.16 bits per heavy atom. The molecule has 0 spiro atoms. The zero-order chi connectivity index (χ0) is 11.8. The maximum Gasteiger partial charge on any atom is 0 e. The Kier molecular flexibility index (Phi) is 5.97. The minimum atomic E-state index is 0. The van der Waals surface area contributed by atoms with E-state index in [0.29, 0.717) is 5.92 Å². The molecule has 0 fully saturated rings. The van der Waals surface area contributed by atoms with Crippen molar-refractivity contribution in [2.45, 2.75) is 32.6 Å². The first kappa shape index (κ1) is 16.6. The van der Waals surface area contributed by atoms with Crippen LogP contribution in [0.25, 0.3) is 22.2 Å². The van der Waals surface area contributed by atoms with E-state index in [4.69, 9.17) is 0 Å². The van der Waals surface area contributed by atoms with Gasteiger partial charge in [-0.05, 0) is 28.7 Å². The summed E-state index contributed by atoms with van der Waals surface area (Å²) >= 11 is 0. The van der Waals surface area contributed by atoms with Crippen molar-refractivity contribution >= 4 is 16.5 Å². The number of rotatable bonds is 2. The van der Waals surface area contributed by atoms with Crippen molar-refractivity contribution in [3.05, 3.63) is 52.9 Å². The van der Waals surface area contributed by atoms with Crippen molar-refractivity contribution in [3.63, 3.8) is 0 Å². The van der Waals surface area contributed by atoms with Gasteiger partial charge in [0.1, 0.15) is 0 Å². The van der Waals surface area contributed by atoms with Crippen LogP contribution in [0.5, 0.6) is 0 Å². The summed E-state index contributed by atoms with van der Waals surface area (Å²) < 4.78 is 0. The van der Waals surface area contributed by atoms with E-state index in [2.05, 4.69) is 49.5 Å². The van der Waals surface area contributed by atoms with Gasteiger partial charge in [-0.15, -0.1) is 12.2 Å². The summed E-state index contributed by atoms with van der Waals surface area (Å²) in [5, 5.41) is 7.45. The van der Waals surface area contributed by atoms with Crippen LogP contribution in [-0.4, -0.2) is 6.54 Å². The Bertz CT molecular complexity index is 566. The van der Waals surface area contributed by atoms with Gasteiger partial charge in [-0.1, -0.05) is 56.2 Å². The summed E-state index contributed by atoms with van der Waals surface area (Å²) in [7, 11) is 0. The molecule has 3 rings (SSSR count). The molecule has 0 saturated carbocycles. The largest absolute Gasteiger partial charge is 0.693 e. The standard InChI is InChI=1S/C16H18N.H2N.Y/c1-3-5-12-6-4-7-14-13(12)8-9-15-16(14)11(2)10-17-15;;/h4,6-9,11H,3,5,10H2,1-2H3;1H2;/q2*-1;. The second-order valence-electron chi connectivity index (χ2n) is 5.00. The molecule has 1 radical (unpaired) electrons. The summed E-state index contributed by atoms with van der Waals surface area (Å²) in [5.74, 6) is 0.575. The average Bonchev–Trinajstić information content (AvgIpc) is 2.72. The third-order valence-corrected chi connectivity index (χ3v) is 3.72. The van der Waals surface area contributed by atoms with Crippen molar-refractivity contribution in [1.29, 1.82) is 0 Å². The quantitative estimate of drug-likeness (QED) is 0.686. The van der Waals surface area contributed by atoms with E-state index in [0.717, 1.165) is 6.54 Å². The molecule has 99 valence electrons. The Morgan fingerprint density at radius 2 is 1.95 bits per heavy atom. The molecule has 1 aliphatic heterocycles. The minimum absolute atomic E-state index is 0. The maximum atomic E-state index is 4.61. The smallest absolute Gasteiger partial charge is 0 e. The number of nitrogens with zero attached hydrogens (tertiary/aromatic N) is 1. The van der Waals surface area contributed by atoms with Gasteiger partial charge < -0.3 is 11.5 Å². The molecule has 2 aromatic rings. The average molecular weight is 329 g/mol. The predicted octanol–water partition coefficient (Wildman–Crippen LogP) is 5.63. The Balaban J connectivity index is 0.000000902. The SMILES string of the molecule is CCCc1cccc2c3c(ccc12)[N-]CC3C.[NH2-].[Y]. The molecule has 1 unspecified atom stereocenters. The van der Waals surface area contributed by atoms with Gasteiger partial charge in [0, 0.05) is 32.7 Å². The molecule has 0 aliphatic carbocycles. The van der Waals surface area contributed by atoms with Crippen molar-refractivity contribution in [3.8, 4) is 0 Å². The van der Waals surface area contributed by atoms with Crippen molar-refractivity contribution in [2.24, 2.45) is 0 Å². The van der Waals surface area contributed by atoms with E-state index < -0.39 is 0 Å². The van der Waals surface area contributed by atoms with Crippen LogP contribution in [0.1, 0.15) is 37.3 Å². The van der Waals surface area contributed by atoms with Gasteiger partial charge in [0.05, 0.1) is 0 Å². The zero-order valence-electron chi connectivity index (χ0n) is 11.7. The van der Waals surface area contributed by atoms with Crippen LogP contribution in [-0.2, 0) is 39.1 Å². The second-order valence-corrected chi connectivity index (χ2v) is 5.00. The van der Waals surface area contributed by atoms with Crippen LogP contribution in [0.2, 0.25) is 0 Å². The summed E-state index contributed by atoms with van der Waals surface area (Å²) in [6.45, 7) is 5.47. The van der Waals surface area contributed by atoms with Gasteiger partial charge in [0.15, 0.2) is 0 Å². The second kappa shape index (κ2) is 6.83. The summed E-state index contributed by atoms with van der Waals surface area (Å²) in [5.41, 5.74) is 4.14. The van der Waals surface area contributed by atoms with E-state index in [-0.39, 0.29) is 38.9 Å². The molecule has 0 saturated heterocycles. The fraction of sp³-hybridized carbons (Fsp3) is 0.375. The van der Waals surface area contributed by atoms with E-state index in [9.17, 15) is 0 Å². The fourth-order valence-corrected chi connectivity index (χ4v) is 2.90. The number of hydrogen-bond acceptors (Lipinski definition) is 0. The van der Waals surface area contributed by atoms with Gasteiger partial charge in [0.2, 0.25) is 0 Å². The predicted molar refractivity (Wildman–Crippen MR) is 79.5 cm³/mol. The van der Waals surface area contributed by atoms with Crippen LogP contribution in [0, 0.1) is 0 Å². The number of fused-ring (bicyclic) bond motifs is 3. The van der Waals surface area contributed by atoms with Crippen LogP contribution < -0.4 is 0 Å². The molecule has 2 aromatic carbocycles. The molecule has 19 heavy (non-hydrogen) atoms. The first-order valence-electron chi connectivity index (χ1n) is 6.53. The number of benzene rings is 2. The third-order valence-electron chi connectivity index (χ3n) is 3.72. The first-order valence-corrected chi connectivity index (χ1v) is 6.53. The van der Waals surface area contributed by atoms with Gasteiger partial charge in [-0.25, -0.2) is 0 Å². The Morgan fingerprint density at radius 3 is 2.68 bits per heavy atom. The molecule has 1 atom stereocenters. The van der Waals surface area contributed by atoms with E-state index in [1.165, 1.54) is 40.4 Å². The normalized spacial score (nSPS) is 16.2. The van der Waals surface area contributed by atoms with Crippen LogP contribution in [0.4, 0.5) is 5.69 Å². The molecule has 2 N–H and O–H groups in total. The van der Waals surface area contributed by atoms with Crippen molar-refractivity contribution in [2.75, 3.05) is 6.54 Å². The van der Waals surface area contributed by atoms with E-state index in [1.54, 1.807) is 0 Å². The molecule has 1 aliphatic rings. The Hall–Kier alpha value is -0.436. The van der Waals surface area contributed by atoms with Crippen LogP contribution >= 0.6 is 0 Å². The summed E-state index contributed by atoms with van der Waals surface area (Å²) in [4.78, 5) is 0. The van der Waals surface area contributed by atoms with Gasteiger partial charge in [0.25, 0.3) is 0 Å². The molecular formula is C16H20N2Y-2. The van der Waals surface area contributed by atoms with Gasteiger partial charge in [-0.3, -0.25) is 0 Å². The van der Waals surface area contributed by atoms with Gasteiger partial charge >= 0.3 is 0 Å². The van der Waals surface area contributed by atoms with Crippen LogP contribution in [0.3, 0.4) is 0 Å². The van der Waals surface area contributed by atoms with Gasteiger partial charge in [-0.2, -0.15) is 0 Å². The van der Waals surface area contributed by atoms with Crippen molar-refractivity contribution in [1.82, 2.24) is 0 Å². The molecule has 1 heterocycles. The first-order chi connectivity index (χ1) is 8.31. The molecule has 3 heteroatoms. The summed E-state index contributed by atoms with van der Waals surface area (Å²) in [6.07, 6.45) is 2.37. The molecule has 0 aromatic heterocycles. The van der Waals surface area contributed by atoms with Crippen molar-refractivity contribution < 1.29 is 32.7 Å². The van der Waals surface area contributed by atoms with Crippen LogP contribution in [0.15, 0.2) is 30.3 Å². The van der Waals surface area contributed by atoms with E-state index in [1.807, 2.05) is 0 Å². The minimum Gasteiger partial charge on any atom is -0.693 e. The number of hydrogen-bond donors (Lipinski definition) is 0. The third kappa shape index (κ3) is 2.86.